The Balaban J connectivity index is 2.02. The first-order chi connectivity index (χ1) is 9.13. The predicted molar refractivity (Wildman–Crippen MR) is 71.4 cm³/mol. The molecule has 1 amide bonds. The molecule has 0 aliphatic heterocycles. The smallest absolute Gasteiger partial charge is 0.274 e. The Bertz CT molecular complexity index is 571. The summed E-state index contributed by atoms with van der Waals surface area (Å²) in [5.74, 6) is 0.482. The number of nitrogens with zero attached hydrogens (tertiary/aromatic N) is 3. The maximum Gasteiger partial charge on any atom is 0.274 e. The third kappa shape index (κ3) is 2.75. The molecule has 0 unspecified atom stereocenters. The Hall–Kier alpha value is -2.31. The third-order valence-electron chi connectivity index (χ3n) is 2.93. The van der Waals surface area contributed by atoms with Crippen LogP contribution < -0.4 is 11.1 Å². The van der Waals surface area contributed by atoms with Crippen molar-refractivity contribution in [2.75, 3.05) is 5.73 Å². The summed E-state index contributed by atoms with van der Waals surface area (Å²) in [5, 5.41) is 9.52. The molecule has 0 saturated carbocycles. The van der Waals surface area contributed by atoms with Gasteiger partial charge in [-0.2, -0.15) is 5.10 Å². The van der Waals surface area contributed by atoms with Gasteiger partial charge in [0.1, 0.15) is 5.82 Å². The quantitative estimate of drug-likeness (QED) is 0.734. The summed E-state index contributed by atoms with van der Waals surface area (Å²) in [6, 6.07) is 0. The number of imidazole rings is 1. The molecule has 0 radical (unpaired) electrons. The largest absolute Gasteiger partial charge is 0.395 e. The number of aromatic amines is 1. The van der Waals surface area contributed by atoms with Crippen molar-refractivity contribution in [1.82, 2.24) is 25.1 Å². The van der Waals surface area contributed by atoms with E-state index < -0.39 is 0 Å². The van der Waals surface area contributed by atoms with Crippen LogP contribution in [0, 0.1) is 0 Å². The van der Waals surface area contributed by atoms with Gasteiger partial charge in [-0.25, -0.2) is 4.98 Å². The van der Waals surface area contributed by atoms with E-state index in [2.05, 4.69) is 20.5 Å². The SMILES string of the molecule is CCCc1[nH]nc(C(=O)NCc2nccn2C)c1N. The lowest BCUT2D eigenvalue weighted by molar-refractivity contribution is 0.0945. The van der Waals surface area contributed by atoms with E-state index in [1.807, 2.05) is 24.7 Å². The molecule has 4 N–H and O–H groups in total. The number of anilines is 1. The molecule has 7 heteroatoms. The number of nitrogen functional groups attached to an aromatic ring is 1. The van der Waals surface area contributed by atoms with Crippen LogP contribution in [-0.4, -0.2) is 25.7 Å². The van der Waals surface area contributed by atoms with Gasteiger partial charge in [0.2, 0.25) is 0 Å². The minimum absolute atomic E-state index is 0.248. The van der Waals surface area contributed by atoms with Crippen LogP contribution in [0.25, 0.3) is 0 Å². The van der Waals surface area contributed by atoms with E-state index in [1.165, 1.54) is 0 Å². The number of aromatic nitrogens is 4. The van der Waals surface area contributed by atoms with Crippen LogP contribution in [-0.2, 0) is 20.0 Å². The van der Waals surface area contributed by atoms with Crippen molar-refractivity contribution in [2.45, 2.75) is 26.3 Å². The molecule has 0 bridgehead atoms. The molecule has 102 valence electrons. The molecule has 0 aliphatic rings. The lowest BCUT2D eigenvalue weighted by Gasteiger charge is -2.04. The van der Waals surface area contributed by atoms with Gasteiger partial charge in [0, 0.05) is 19.4 Å². The number of carbonyl (C=O) groups is 1. The van der Waals surface area contributed by atoms with Crippen molar-refractivity contribution in [2.24, 2.45) is 7.05 Å². The summed E-state index contributed by atoms with van der Waals surface area (Å²) >= 11 is 0. The zero-order valence-electron chi connectivity index (χ0n) is 11.1. The molecule has 7 nitrogen and oxygen atoms in total. The van der Waals surface area contributed by atoms with Gasteiger partial charge in [-0.3, -0.25) is 9.89 Å². The van der Waals surface area contributed by atoms with Crippen molar-refractivity contribution < 1.29 is 4.79 Å². The van der Waals surface area contributed by atoms with Crippen LogP contribution in [0.5, 0.6) is 0 Å². The minimum Gasteiger partial charge on any atom is -0.395 e. The van der Waals surface area contributed by atoms with E-state index in [9.17, 15) is 4.79 Å². The van der Waals surface area contributed by atoms with Crippen LogP contribution in [0.3, 0.4) is 0 Å². The van der Waals surface area contributed by atoms with Gasteiger partial charge in [-0.05, 0) is 6.42 Å². The Morgan fingerprint density at radius 3 is 3.00 bits per heavy atom. The van der Waals surface area contributed by atoms with E-state index in [0.29, 0.717) is 12.2 Å². The lowest BCUT2D eigenvalue weighted by Crippen LogP contribution is -2.25. The minimum atomic E-state index is -0.292. The van der Waals surface area contributed by atoms with Crippen LogP contribution in [0.15, 0.2) is 12.4 Å². The van der Waals surface area contributed by atoms with E-state index in [1.54, 1.807) is 6.20 Å². The standard InChI is InChI=1S/C12H18N6O/c1-3-4-8-10(13)11(17-16-8)12(19)15-7-9-14-5-6-18(9)2/h5-6H,3-4,7,13H2,1-2H3,(H,15,19)(H,16,17). The number of aryl methyl sites for hydroxylation is 2. The number of amides is 1. The van der Waals surface area contributed by atoms with Crippen molar-refractivity contribution in [3.05, 3.63) is 29.6 Å². The van der Waals surface area contributed by atoms with Gasteiger partial charge in [0.05, 0.1) is 17.9 Å². The highest BCUT2D eigenvalue weighted by molar-refractivity contribution is 5.97. The number of H-pyrrole nitrogens is 1. The molecule has 0 atom stereocenters. The maximum atomic E-state index is 12.0. The molecule has 2 heterocycles. The normalized spacial score (nSPS) is 10.6. The summed E-state index contributed by atoms with van der Waals surface area (Å²) < 4.78 is 1.84. The van der Waals surface area contributed by atoms with Crippen LogP contribution in [0.4, 0.5) is 5.69 Å². The first-order valence-electron chi connectivity index (χ1n) is 6.20. The van der Waals surface area contributed by atoms with E-state index in [-0.39, 0.29) is 11.6 Å². The monoisotopic (exact) mass is 262 g/mol. The molecule has 0 spiro atoms. The zero-order valence-corrected chi connectivity index (χ0v) is 11.1. The summed E-state index contributed by atoms with van der Waals surface area (Å²) in [6.07, 6.45) is 5.24. The fourth-order valence-electron chi connectivity index (χ4n) is 1.81. The number of nitrogens with two attached hydrogens (primary N) is 1. The summed E-state index contributed by atoms with van der Waals surface area (Å²) in [6.45, 7) is 2.39. The molecule has 0 aromatic carbocycles. The molecule has 2 rings (SSSR count). The van der Waals surface area contributed by atoms with Gasteiger partial charge >= 0.3 is 0 Å². The fourth-order valence-corrected chi connectivity index (χ4v) is 1.81. The Kier molecular flexibility index (Phi) is 3.84. The van der Waals surface area contributed by atoms with E-state index in [4.69, 9.17) is 5.73 Å². The van der Waals surface area contributed by atoms with Crippen molar-refractivity contribution in [3.8, 4) is 0 Å². The second kappa shape index (κ2) is 5.55. The molecular weight excluding hydrogens is 244 g/mol. The van der Waals surface area contributed by atoms with E-state index >= 15 is 0 Å². The highest BCUT2D eigenvalue weighted by Gasteiger charge is 2.16. The first kappa shape index (κ1) is 13.1. The number of nitrogens with one attached hydrogen (secondary N) is 2. The lowest BCUT2D eigenvalue weighted by atomic mass is 10.2. The fraction of sp³-hybridized carbons (Fsp3) is 0.417. The highest BCUT2D eigenvalue weighted by Crippen LogP contribution is 2.15. The molecule has 0 saturated heterocycles. The van der Waals surface area contributed by atoms with Crippen molar-refractivity contribution >= 4 is 11.6 Å². The molecule has 2 aromatic heterocycles. The topological polar surface area (TPSA) is 102 Å². The second-order valence-corrected chi connectivity index (χ2v) is 4.35. The van der Waals surface area contributed by atoms with Crippen LogP contribution in [0.1, 0.15) is 35.4 Å². The van der Waals surface area contributed by atoms with Gasteiger partial charge in [0.15, 0.2) is 5.69 Å². The van der Waals surface area contributed by atoms with Crippen molar-refractivity contribution in [3.63, 3.8) is 0 Å². The molecule has 2 aromatic rings. The van der Waals surface area contributed by atoms with Crippen LogP contribution in [0.2, 0.25) is 0 Å². The molecule has 0 fully saturated rings. The summed E-state index contributed by atoms with van der Waals surface area (Å²) in [7, 11) is 1.87. The van der Waals surface area contributed by atoms with Gasteiger partial charge in [0.25, 0.3) is 5.91 Å². The number of carbonyl (C=O) groups excluding carboxylic acids is 1. The van der Waals surface area contributed by atoms with E-state index in [0.717, 1.165) is 24.4 Å². The van der Waals surface area contributed by atoms with Gasteiger partial charge in [-0.1, -0.05) is 13.3 Å². The average molecular weight is 262 g/mol. The van der Waals surface area contributed by atoms with Gasteiger partial charge < -0.3 is 15.6 Å². The Morgan fingerprint density at radius 1 is 1.58 bits per heavy atom. The summed E-state index contributed by atoms with van der Waals surface area (Å²) in [5.41, 5.74) is 7.38. The van der Waals surface area contributed by atoms with Crippen molar-refractivity contribution in [1.29, 1.82) is 0 Å². The Morgan fingerprint density at radius 2 is 2.37 bits per heavy atom. The number of hydrogen-bond donors (Lipinski definition) is 3. The third-order valence-corrected chi connectivity index (χ3v) is 2.93. The number of hydrogen-bond acceptors (Lipinski definition) is 4. The van der Waals surface area contributed by atoms with Crippen LogP contribution >= 0.6 is 0 Å². The molecule has 0 aliphatic carbocycles. The van der Waals surface area contributed by atoms with Gasteiger partial charge in [-0.15, -0.1) is 0 Å². The number of rotatable bonds is 5. The first-order valence-corrected chi connectivity index (χ1v) is 6.20. The Labute approximate surface area is 111 Å². The maximum absolute atomic E-state index is 12.0. The molecule has 19 heavy (non-hydrogen) atoms. The molecular formula is C12H18N6O. The summed E-state index contributed by atoms with van der Waals surface area (Å²) in [4.78, 5) is 16.1. The predicted octanol–water partition coefficient (Wildman–Crippen LogP) is 0.608. The highest BCUT2D eigenvalue weighted by atomic mass is 16.1. The second-order valence-electron chi connectivity index (χ2n) is 4.35. The zero-order chi connectivity index (χ0) is 13.8. The average Bonchev–Trinajstić information content (AvgIpc) is 2.95.